The number of imidazole rings is 1. The minimum Gasteiger partial charge on any atom is -0.497 e. The Hall–Kier alpha value is -3.06. The number of methoxy groups -OCH3 is 1. The first-order valence-corrected chi connectivity index (χ1v) is 6.43. The average molecular weight is 275 g/mol. The van der Waals surface area contributed by atoms with Gasteiger partial charge in [0.15, 0.2) is 0 Å². The molecule has 0 aliphatic heterocycles. The van der Waals surface area contributed by atoms with Crippen molar-refractivity contribution >= 4 is 11.2 Å². The van der Waals surface area contributed by atoms with Crippen molar-refractivity contribution in [2.45, 2.75) is 0 Å². The van der Waals surface area contributed by atoms with Crippen molar-refractivity contribution in [3.8, 4) is 11.8 Å². The van der Waals surface area contributed by atoms with Crippen LogP contribution in [0.3, 0.4) is 0 Å². The molecule has 4 nitrogen and oxygen atoms in total. The molecule has 0 saturated carbocycles. The van der Waals surface area contributed by atoms with Crippen molar-refractivity contribution in [3.63, 3.8) is 0 Å². The summed E-state index contributed by atoms with van der Waals surface area (Å²) >= 11 is 0. The van der Waals surface area contributed by atoms with E-state index in [1.165, 1.54) is 0 Å². The highest BCUT2D eigenvalue weighted by Gasteiger charge is 2.10. The second-order valence-electron chi connectivity index (χ2n) is 4.61. The zero-order valence-electron chi connectivity index (χ0n) is 11.6. The molecule has 0 fully saturated rings. The predicted octanol–water partition coefficient (Wildman–Crippen LogP) is 3.28. The SMILES string of the molecule is C=C(c1ccc2nccn2c1)c1ccc(OC)cc1C#N. The van der Waals surface area contributed by atoms with Gasteiger partial charge in [-0.3, -0.25) is 0 Å². The van der Waals surface area contributed by atoms with Crippen LogP contribution in [0.15, 0.2) is 55.5 Å². The summed E-state index contributed by atoms with van der Waals surface area (Å²) in [5.74, 6) is 0.660. The van der Waals surface area contributed by atoms with Gasteiger partial charge in [-0.15, -0.1) is 0 Å². The van der Waals surface area contributed by atoms with E-state index >= 15 is 0 Å². The third-order valence-corrected chi connectivity index (χ3v) is 3.41. The van der Waals surface area contributed by atoms with Crippen molar-refractivity contribution in [3.05, 3.63) is 72.2 Å². The molecule has 0 spiro atoms. The Morgan fingerprint density at radius 3 is 2.95 bits per heavy atom. The number of nitrogens with zero attached hydrogens (tertiary/aromatic N) is 3. The maximum absolute atomic E-state index is 9.31. The Labute approximate surface area is 122 Å². The molecule has 1 aromatic carbocycles. The normalized spacial score (nSPS) is 10.3. The number of hydrogen-bond donors (Lipinski definition) is 0. The van der Waals surface area contributed by atoms with Crippen LogP contribution < -0.4 is 4.74 Å². The van der Waals surface area contributed by atoms with E-state index in [4.69, 9.17) is 4.74 Å². The zero-order valence-corrected chi connectivity index (χ0v) is 11.6. The van der Waals surface area contributed by atoms with E-state index in [0.717, 1.165) is 22.3 Å². The van der Waals surface area contributed by atoms with Gasteiger partial charge in [0.25, 0.3) is 0 Å². The summed E-state index contributed by atoms with van der Waals surface area (Å²) < 4.78 is 7.08. The van der Waals surface area contributed by atoms with Crippen LogP contribution in [0.2, 0.25) is 0 Å². The first-order valence-electron chi connectivity index (χ1n) is 6.43. The molecule has 2 aromatic heterocycles. The van der Waals surface area contributed by atoms with Gasteiger partial charge in [0.1, 0.15) is 11.4 Å². The summed E-state index contributed by atoms with van der Waals surface area (Å²) in [4.78, 5) is 4.21. The predicted molar refractivity (Wildman–Crippen MR) is 81.0 cm³/mol. The summed E-state index contributed by atoms with van der Waals surface area (Å²) in [6, 6.07) is 11.5. The molecule has 0 unspecified atom stereocenters. The average Bonchev–Trinajstić information content (AvgIpc) is 3.01. The Morgan fingerprint density at radius 1 is 1.33 bits per heavy atom. The fraction of sp³-hybridized carbons (Fsp3) is 0.0588. The smallest absolute Gasteiger partial charge is 0.136 e. The highest BCUT2D eigenvalue weighted by Crippen LogP contribution is 2.27. The van der Waals surface area contributed by atoms with Crippen LogP contribution in [0, 0.1) is 11.3 Å². The molecular weight excluding hydrogens is 262 g/mol. The molecule has 4 heteroatoms. The monoisotopic (exact) mass is 275 g/mol. The maximum Gasteiger partial charge on any atom is 0.136 e. The molecule has 0 aliphatic rings. The van der Waals surface area contributed by atoms with Gasteiger partial charge in [-0.2, -0.15) is 5.26 Å². The van der Waals surface area contributed by atoms with E-state index in [-0.39, 0.29) is 0 Å². The second-order valence-corrected chi connectivity index (χ2v) is 4.61. The third kappa shape index (κ3) is 2.26. The molecule has 102 valence electrons. The van der Waals surface area contributed by atoms with E-state index in [1.54, 1.807) is 19.4 Å². The van der Waals surface area contributed by atoms with Crippen molar-refractivity contribution < 1.29 is 4.74 Å². The van der Waals surface area contributed by atoms with Gasteiger partial charge in [-0.25, -0.2) is 4.98 Å². The molecule has 0 atom stereocenters. The Balaban J connectivity index is 2.07. The lowest BCUT2D eigenvalue weighted by atomic mass is 9.96. The maximum atomic E-state index is 9.31. The van der Waals surface area contributed by atoms with Gasteiger partial charge in [-0.1, -0.05) is 6.58 Å². The van der Waals surface area contributed by atoms with E-state index in [2.05, 4.69) is 17.6 Å². The Bertz CT molecular complexity index is 871. The molecule has 0 N–H and O–H groups in total. The molecule has 0 aliphatic carbocycles. The van der Waals surface area contributed by atoms with Crippen molar-refractivity contribution in [1.82, 2.24) is 9.38 Å². The van der Waals surface area contributed by atoms with Gasteiger partial charge < -0.3 is 9.14 Å². The number of ether oxygens (including phenoxy) is 1. The molecule has 0 amide bonds. The summed E-state index contributed by atoms with van der Waals surface area (Å²) in [6.45, 7) is 4.12. The Morgan fingerprint density at radius 2 is 2.19 bits per heavy atom. The first kappa shape index (κ1) is 12.9. The summed E-state index contributed by atoms with van der Waals surface area (Å²) in [7, 11) is 1.58. The standard InChI is InChI=1S/C17H13N3O/c1-12(13-3-6-17-19-7-8-20(17)11-13)16-5-4-15(21-2)9-14(16)10-18/h3-9,11H,1H2,2H3. The fourth-order valence-corrected chi connectivity index (χ4v) is 2.26. The van der Waals surface area contributed by atoms with Crippen LogP contribution in [0.5, 0.6) is 5.75 Å². The minimum absolute atomic E-state index is 0.546. The molecule has 3 aromatic rings. The topological polar surface area (TPSA) is 50.3 Å². The largest absolute Gasteiger partial charge is 0.497 e. The molecular formula is C17H13N3O. The van der Waals surface area contributed by atoms with Gasteiger partial charge in [0.2, 0.25) is 0 Å². The molecule has 3 rings (SSSR count). The number of benzene rings is 1. The molecule has 21 heavy (non-hydrogen) atoms. The lowest BCUT2D eigenvalue weighted by Crippen LogP contribution is -1.94. The van der Waals surface area contributed by atoms with E-state index in [1.807, 2.05) is 41.1 Å². The summed E-state index contributed by atoms with van der Waals surface area (Å²) in [6.07, 6.45) is 5.58. The van der Waals surface area contributed by atoms with Crippen LogP contribution in [-0.2, 0) is 0 Å². The molecule has 0 bridgehead atoms. The van der Waals surface area contributed by atoms with Crippen molar-refractivity contribution in [2.75, 3.05) is 7.11 Å². The van der Waals surface area contributed by atoms with Gasteiger partial charge in [0.05, 0.1) is 18.7 Å². The number of pyridine rings is 1. The summed E-state index contributed by atoms with van der Waals surface area (Å²) in [5.41, 5.74) is 3.97. The van der Waals surface area contributed by atoms with Crippen LogP contribution >= 0.6 is 0 Å². The van der Waals surface area contributed by atoms with Crippen LogP contribution in [0.1, 0.15) is 16.7 Å². The van der Waals surface area contributed by atoms with E-state index in [0.29, 0.717) is 11.3 Å². The first-order chi connectivity index (χ1) is 10.2. The lowest BCUT2D eigenvalue weighted by Gasteiger charge is -2.10. The second kappa shape index (κ2) is 5.14. The highest BCUT2D eigenvalue weighted by molar-refractivity contribution is 5.81. The quantitative estimate of drug-likeness (QED) is 0.737. The van der Waals surface area contributed by atoms with Gasteiger partial charge in [-0.05, 0) is 47.0 Å². The van der Waals surface area contributed by atoms with Crippen molar-refractivity contribution in [1.29, 1.82) is 5.26 Å². The number of fused-ring (bicyclic) bond motifs is 1. The zero-order chi connectivity index (χ0) is 14.8. The number of rotatable bonds is 3. The third-order valence-electron chi connectivity index (χ3n) is 3.41. The van der Waals surface area contributed by atoms with Crippen LogP contribution in [0.25, 0.3) is 11.2 Å². The summed E-state index contributed by atoms with van der Waals surface area (Å²) in [5, 5.41) is 9.31. The van der Waals surface area contributed by atoms with Crippen molar-refractivity contribution in [2.24, 2.45) is 0 Å². The molecule has 0 radical (unpaired) electrons. The van der Waals surface area contributed by atoms with E-state index in [9.17, 15) is 5.26 Å². The highest BCUT2D eigenvalue weighted by atomic mass is 16.5. The number of hydrogen-bond acceptors (Lipinski definition) is 3. The number of aromatic nitrogens is 2. The lowest BCUT2D eigenvalue weighted by molar-refractivity contribution is 0.414. The molecule has 2 heterocycles. The van der Waals surface area contributed by atoms with Gasteiger partial charge in [0, 0.05) is 18.6 Å². The minimum atomic E-state index is 0.546. The Kier molecular flexibility index (Phi) is 3.17. The van der Waals surface area contributed by atoms with Crippen LogP contribution in [0.4, 0.5) is 0 Å². The van der Waals surface area contributed by atoms with Crippen LogP contribution in [-0.4, -0.2) is 16.5 Å². The number of nitriles is 1. The van der Waals surface area contributed by atoms with Gasteiger partial charge >= 0.3 is 0 Å². The van der Waals surface area contributed by atoms with E-state index < -0.39 is 0 Å². The molecule has 0 saturated heterocycles. The fourth-order valence-electron chi connectivity index (χ4n) is 2.26.